The molecule has 0 saturated heterocycles. The molecule has 3 nitrogen and oxygen atoms in total. The van der Waals surface area contributed by atoms with Gasteiger partial charge in [-0.15, -0.1) is 0 Å². The second-order valence-electron chi connectivity index (χ2n) is 4.32. The fourth-order valence-electron chi connectivity index (χ4n) is 1.75. The van der Waals surface area contributed by atoms with Crippen LogP contribution in [0.1, 0.15) is 15.9 Å². The van der Waals surface area contributed by atoms with Gasteiger partial charge in [-0.3, -0.25) is 4.79 Å². The van der Waals surface area contributed by atoms with E-state index in [1.54, 1.807) is 6.07 Å². The number of nitrogen functional groups attached to an aromatic ring is 1. The van der Waals surface area contributed by atoms with Crippen molar-refractivity contribution >= 4 is 49.1 Å². The zero-order valence-corrected chi connectivity index (χ0v) is 13.7. The summed E-state index contributed by atoms with van der Waals surface area (Å²) in [6, 6.07) is 8.03. The van der Waals surface area contributed by atoms with Crippen molar-refractivity contribution in [3.8, 4) is 0 Å². The number of anilines is 2. The Bertz CT molecular complexity index is 669. The number of carbonyl (C=O) groups is 1. The van der Waals surface area contributed by atoms with Crippen molar-refractivity contribution in [3.05, 3.63) is 56.2 Å². The van der Waals surface area contributed by atoms with E-state index in [9.17, 15) is 9.18 Å². The molecule has 0 heterocycles. The largest absolute Gasteiger partial charge is 0.396 e. The van der Waals surface area contributed by atoms with Gasteiger partial charge in [0.05, 0.1) is 11.3 Å². The standard InChI is InChI=1S/C14H11Br2FN2O/c1-7-2-8(15)4-9(3-7)19-14(20)10-5-13(18)12(17)6-11(10)16/h2-6H,18H2,1H3,(H,19,20). The topological polar surface area (TPSA) is 55.1 Å². The number of hydrogen-bond donors (Lipinski definition) is 2. The molecule has 0 aromatic heterocycles. The number of benzene rings is 2. The van der Waals surface area contributed by atoms with Gasteiger partial charge in [0.25, 0.3) is 5.91 Å². The Morgan fingerprint density at radius 3 is 2.55 bits per heavy atom. The number of aryl methyl sites for hydroxylation is 1. The molecule has 0 aliphatic carbocycles. The SMILES string of the molecule is Cc1cc(Br)cc(NC(=O)c2cc(N)c(F)cc2Br)c1. The summed E-state index contributed by atoms with van der Waals surface area (Å²) in [6.45, 7) is 1.92. The maximum absolute atomic E-state index is 13.3. The molecule has 0 aliphatic heterocycles. The van der Waals surface area contributed by atoms with Crippen LogP contribution < -0.4 is 11.1 Å². The molecule has 0 aliphatic rings. The van der Waals surface area contributed by atoms with Crippen molar-refractivity contribution in [2.75, 3.05) is 11.1 Å². The van der Waals surface area contributed by atoms with Crippen molar-refractivity contribution in [1.82, 2.24) is 0 Å². The van der Waals surface area contributed by atoms with Gasteiger partial charge < -0.3 is 11.1 Å². The highest BCUT2D eigenvalue weighted by atomic mass is 79.9. The summed E-state index contributed by atoms with van der Waals surface area (Å²) in [7, 11) is 0. The summed E-state index contributed by atoms with van der Waals surface area (Å²) in [4.78, 5) is 12.2. The number of carbonyl (C=O) groups excluding carboxylic acids is 1. The fourth-order valence-corrected chi connectivity index (χ4v) is 2.85. The lowest BCUT2D eigenvalue weighted by Crippen LogP contribution is -2.13. The molecule has 6 heteroatoms. The number of nitrogens with two attached hydrogens (primary N) is 1. The molecule has 0 saturated carbocycles. The normalized spacial score (nSPS) is 10.4. The van der Waals surface area contributed by atoms with Crippen molar-refractivity contribution in [1.29, 1.82) is 0 Å². The van der Waals surface area contributed by atoms with Crippen LogP contribution in [0.2, 0.25) is 0 Å². The third-order valence-electron chi connectivity index (χ3n) is 2.63. The second-order valence-corrected chi connectivity index (χ2v) is 6.09. The molecule has 0 spiro atoms. The Morgan fingerprint density at radius 1 is 1.20 bits per heavy atom. The van der Waals surface area contributed by atoms with E-state index in [1.807, 2.05) is 19.1 Å². The molecule has 2 aromatic rings. The minimum atomic E-state index is -0.563. The van der Waals surface area contributed by atoms with Crippen LogP contribution in [0.25, 0.3) is 0 Å². The van der Waals surface area contributed by atoms with Gasteiger partial charge in [-0.05, 0) is 58.7 Å². The lowest BCUT2D eigenvalue weighted by Gasteiger charge is -2.09. The predicted molar refractivity (Wildman–Crippen MR) is 85.3 cm³/mol. The maximum Gasteiger partial charge on any atom is 0.256 e. The van der Waals surface area contributed by atoms with E-state index in [0.717, 1.165) is 10.0 Å². The zero-order valence-electron chi connectivity index (χ0n) is 10.5. The molecule has 20 heavy (non-hydrogen) atoms. The predicted octanol–water partition coefficient (Wildman–Crippen LogP) is 4.49. The Kier molecular flexibility index (Phi) is 4.45. The molecule has 1 amide bonds. The first-order chi connectivity index (χ1) is 9.36. The van der Waals surface area contributed by atoms with Gasteiger partial charge in [-0.1, -0.05) is 15.9 Å². The maximum atomic E-state index is 13.3. The van der Waals surface area contributed by atoms with Gasteiger partial charge in [-0.2, -0.15) is 0 Å². The molecule has 2 aromatic carbocycles. The number of nitrogens with one attached hydrogen (secondary N) is 1. The first kappa shape index (κ1) is 15.0. The Morgan fingerprint density at radius 2 is 1.90 bits per heavy atom. The van der Waals surface area contributed by atoms with Crippen LogP contribution in [0.4, 0.5) is 15.8 Å². The highest BCUT2D eigenvalue weighted by Gasteiger charge is 2.14. The van der Waals surface area contributed by atoms with Gasteiger partial charge in [0.2, 0.25) is 0 Å². The average molecular weight is 402 g/mol. The molecule has 3 N–H and O–H groups in total. The lowest BCUT2D eigenvalue weighted by molar-refractivity contribution is 0.102. The second kappa shape index (κ2) is 5.93. The Balaban J connectivity index is 2.30. The molecule has 0 fully saturated rings. The molecule has 104 valence electrons. The molecule has 0 radical (unpaired) electrons. The highest BCUT2D eigenvalue weighted by molar-refractivity contribution is 9.10. The van der Waals surface area contributed by atoms with Crippen molar-refractivity contribution in [3.63, 3.8) is 0 Å². The van der Waals surface area contributed by atoms with E-state index in [-0.39, 0.29) is 17.2 Å². The van der Waals surface area contributed by atoms with Crippen LogP contribution >= 0.6 is 31.9 Å². The van der Waals surface area contributed by atoms with Crippen LogP contribution in [0.3, 0.4) is 0 Å². The summed E-state index contributed by atoms with van der Waals surface area (Å²) in [5.74, 6) is -0.923. The van der Waals surface area contributed by atoms with Crippen LogP contribution in [-0.2, 0) is 0 Å². The van der Waals surface area contributed by atoms with E-state index in [4.69, 9.17) is 5.73 Å². The van der Waals surface area contributed by atoms with E-state index in [2.05, 4.69) is 37.2 Å². The molecule has 2 rings (SSSR count). The lowest BCUT2D eigenvalue weighted by atomic mass is 10.1. The average Bonchev–Trinajstić information content (AvgIpc) is 2.32. The monoisotopic (exact) mass is 400 g/mol. The summed E-state index contributed by atoms with van der Waals surface area (Å²) in [5, 5.41) is 2.75. The van der Waals surface area contributed by atoms with Crippen LogP contribution in [0.15, 0.2) is 39.3 Å². The van der Waals surface area contributed by atoms with Gasteiger partial charge in [-0.25, -0.2) is 4.39 Å². The van der Waals surface area contributed by atoms with E-state index in [0.29, 0.717) is 10.2 Å². The van der Waals surface area contributed by atoms with Crippen LogP contribution in [0, 0.1) is 12.7 Å². The highest BCUT2D eigenvalue weighted by Crippen LogP contribution is 2.25. The van der Waals surface area contributed by atoms with Gasteiger partial charge in [0, 0.05) is 14.6 Å². The zero-order chi connectivity index (χ0) is 14.9. The summed E-state index contributed by atoms with van der Waals surface area (Å²) < 4.78 is 14.5. The molecule has 0 unspecified atom stereocenters. The van der Waals surface area contributed by atoms with E-state index >= 15 is 0 Å². The summed E-state index contributed by atoms with van der Waals surface area (Å²) >= 11 is 6.52. The summed E-state index contributed by atoms with van der Waals surface area (Å²) in [6.07, 6.45) is 0. The molecular formula is C14H11Br2FN2O. The molecule has 0 bridgehead atoms. The smallest absolute Gasteiger partial charge is 0.256 e. The third-order valence-corrected chi connectivity index (χ3v) is 3.74. The van der Waals surface area contributed by atoms with E-state index < -0.39 is 5.82 Å². The number of rotatable bonds is 2. The fraction of sp³-hybridized carbons (Fsp3) is 0.0714. The number of amides is 1. The van der Waals surface area contributed by atoms with Gasteiger partial charge >= 0.3 is 0 Å². The van der Waals surface area contributed by atoms with Gasteiger partial charge in [0.1, 0.15) is 5.82 Å². The van der Waals surface area contributed by atoms with Gasteiger partial charge in [0.15, 0.2) is 0 Å². The Labute approximate surface area is 132 Å². The minimum absolute atomic E-state index is 0.0660. The first-order valence-corrected chi connectivity index (χ1v) is 7.28. The van der Waals surface area contributed by atoms with Crippen molar-refractivity contribution < 1.29 is 9.18 Å². The van der Waals surface area contributed by atoms with Crippen molar-refractivity contribution in [2.24, 2.45) is 0 Å². The van der Waals surface area contributed by atoms with Crippen LogP contribution in [0.5, 0.6) is 0 Å². The minimum Gasteiger partial charge on any atom is -0.396 e. The van der Waals surface area contributed by atoms with Crippen LogP contribution in [-0.4, -0.2) is 5.91 Å². The van der Waals surface area contributed by atoms with Crippen molar-refractivity contribution in [2.45, 2.75) is 6.92 Å². The third kappa shape index (κ3) is 3.37. The summed E-state index contributed by atoms with van der Waals surface area (Å²) in [5.41, 5.74) is 7.36. The Hall–Kier alpha value is -1.40. The quantitative estimate of drug-likeness (QED) is 0.728. The first-order valence-electron chi connectivity index (χ1n) is 5.70. The van der Waals surface area contributed by atoms with E-state index in [1.165, 1.54) is 12.1 Å². The number of hydrogen-bond acceptors (Lipinski definition) is 2. The molecule has 0 atom stereocenters. The number of halogens is 3. The molecular weight excluding hydrogens is 391 g/mol.